The summed E-state index contributed by atoms with van der Waals surface area (Å²) in [5.74, 6) is 1.63. The Balaban J connectivity index is 2.52. The van der Waals surface area contributed by atoms with E-state index in [1.807, 2.05) is 0 Å². The highest BCUT2D eigenvalue weighted by molar-refractivity contribution is 7.98. The molecule has 1 saturated heterocycles. The maximum atomic E-state index is 12.1. The number of carbonyl (C=O) groups excluding carboxylic acids is 1. The summed E-state index contributed by atoms with van der Waals surface area (Å²) in [5.41, 5.74) is -0.168. The smallest absolute Gasteiger partial charge is 0.227 e. The first-order chi connectivity index (χ1) is 7.13. The van der Waals surface area contributed by atoms with Gasteiger partial charge in [0.1, 0.15) is 0 Å². The second-order valence-electron chi connectivity index (χ2n) is 4.49. The van der Waals surface area contributed by atoms with Crippen molar-refractivity contribution in [2.24, 2.45) is 11.3 Å². The van der Waals surface area contributed by atoms with Crippen molar-refractivity contribution in [3.63, 3.8) is 0 Å². The second kappa shape index (κ2) is 5.75. The summed E-state index contributed by atoms with van der Waals surface area (Å²) in [5, 5.41) is 6.35. The highest BCUT2D eigenvalue weighted by Crippen LogP contribution is 2.34. The Morgan fingerprint density at radius 3 is 2.80 bits per heavy atom. The molecule has 0 bridgehead atoms. The quantitative estimate of drug-likeness (QED) is 0.695. The number of rotatable bonds is 5. The normalized spacial score (nSPS) is 25.9. The molecule has 0 saturated carbocycles. The van der Waals surface area contributed by atoms with Crippen LogP contribution in [0.3, 0.4) is 0 Å². The highest BCUT2D eigenvalue weighted by Gasteiger charge is 2.43. The molecule has 4 heteroatoms. The fourth-order valence-corrected chi connectivity index (χ4v) is 2.41. The fraction of sp³-hybridized carbons (Fsp3) is 0.909. The molecule has 0 aromatic carbocycles. The lowest BCUT2D eigenvalue weighted by Gasteiger charge is -2.31. The summed E-state index contributed by atoms with van der Waals surface area (Å²) in [7, 11) is 0. The summed E-state index contributed by atoms with van der Waals surface area (Å²) >= 11 is 1.76. The van der Waals surface area contributed by atoms with Gasteiger partial charge in [0.15, 0.2) is 0 Å². The summed E-state index contributed by atoms with van der Waals surface area (Å²) in [6, 6.07) is 0. The minimum atomic E-state index is -0.168. The molecule has 1 atom stereocenters. The molecule has 0 spiro atoms. The average Bonchev–Trinajstić information content (AvgIpc) is 2.67. The van der Waals surface area contributed by atoms with Crippen LogP contribution in [0.5, 0.6) is 0 Å². The molecule has 0 aromatic rings. The van der Waals surface area contributed by atoms with E-state index in [0.29, 0.717) is 5.92 Å². The van der Waals surface area contributed by atoms with Gasteiger partial charge in [0.25, 0.3) is 0 Å². The summed E-state index contributed by atoms with van der Waals surface area (Å²) in [6.07, 6.45) is 3.03. The van der Waals surface area contributed by atoms with E-state index in [1.54, 1.807) is 11.8 Å². The van der Waals surface area contributed by atoms with Crippen LogP contribution in [0.25, 0.3) is 0 Å². The van der Waals surface area contributed by atoms with Crippen LogP contribution in [-0.4, -0.2) is 37.6 Å². The fourth-order valence-electron chi connectivity index (χ4n) is 2.10. The molecule has 0 aliphatic carbocycles. The molecule has 2 N–H and O–H groups in total. The first kappa shape index (κ1) is 12.8. The van der Waals surface area contributed by atoms with Gasteiger partial charge in [0.05, 0.1) is 5.41 Å². The van der Waals surface area contributed by atoms with Crippen LogP contribution >= 0.6 is 11.8 Å². The maximum Gasteiger partial charge on any atom is 0.227 e. The average molecular weight is 230 g/mol. The molecule has 88 valence electrons. The number of hydrogen-bond donors (Lipinski definition) is 2. The molecule has 1 rings (SSSR count). The minimum absolute atomic E-state index is 0.168. The topological polar surface area (TPSA) is 41.1 Å². The Morgan fingerprint density at radius 2 is 2.33 bits per heavy atom. The molecule has 1 heterocycles. The van der Waals surface area contributed by atoms with Crippen LogP contribution in [0.15, 0.2) is 0 Å². The van der Waals surface area contributed by atoms with E-state index >= 15 is 0 Å². The van der Waals surface area contributed by atoms with E-state index in [1.165, 1.54) is 0 Å². The molecule has 1 aliphatic rings. The number of carbonyl (C=O) groups is 1. The number of amides is 1. The Hall–Kier alpha value is -0.220. The lowest BCUT2D eigenvalue weighted by molar-refractivity contribution is -0.132. The van der Waals surface area contributed by atoms with Crippen LogP contribution in [0.1, 0.15) is 20.3 Å². The monoisotopic (exact) mass is 230 g/mol. The Labute approximate surface area is 96.8 Å². The molecular formula is C11H22N2OS. The van der Waals surface area contributed by atoms with E-state index < -0.39 is 0 Å². The van der Waals surface area contributed by atoms with Crippen molar-refractivity contribution in [1.82, 2.24) is 10.6 Å². The third kappa shape index (κ3) is 2.88. The van der Waals surface area contributed by atoms with Gasteiger partial charge in [-0.3, -0.25) is 4.79 Å². The van der Waals surface area contributed by atoms with Crippen LogP contribution in [0, 0.1) is 11.3 Å². The van der Waals surface area contributed by atoms with Gasteiger partial charge in [0, 0.05) is 18.8 Å². The van der Waals surface area contributed by atoms with Crippen molar-refractivity contribution in [1.29, 1.82) is 0 Å². The molecule has 1 fully saturated rings. The van der Waals surface area contributed by atoms with Gasteiger partial charge in [-0.1, -0.05) is 13.8 Å². The van der Waals surface area contributed by atoms with Gasteiger partial charge in [-0.25, -0.2) is 0 Å². The number of hydrogen-bond acceptors (Lipinski definition) is 3. The Bertz CT molecular complexity index is 213. The zero-order valence-corrected chi connectivity index (χ0v) is 10.7. The third-order valence-electron chi connectivity index (χ3n) is 3.34. The van der Waals surface area contributed by atoms with Crippen molar-refractivity contribution in [2.75, 3.05) is 31.6 Å². The molecule has 1 amide bonds. The van der Waals surface area contributed by atoms with E-state index in [9.17, 15) is 4.79 Å². The molecule has 0 radical (unpaired) electrons. The lowest BCUT2D eigenvalue weighted by Crippen LogP contribution is -2.46. The molecule has 3 nitrogen and oxygen atoms in total. The van der Waals surface area contributed by atoms with Gasteiger partial charge in [0.2, 0.25) is 5.91 Å². The van der Waals surface area contributed by atoms with Crippen LogP contribution in [-0.2, 0) is 4.79 Å². The third-order valence-corrected chi connectivity index (χ3v) is 3.95. The van der Waals surface area contributed by atoms with E-state index in [0.717, 1.165) is 31.8 Å². The zero-order chi connectivity index (χ0) is 11.3. The van der Waals surface area contributed by atoms with Crippen LogP contribution in [0.2, 0.25) is 0 Å². The zero-order valence-electron chi connectivity index (χ0n) is 9.93. The predicted molar refractivity (Wildman–Crippen MR) is 66.1 cm³/mol. The van der Waals surface area contributed by atoms with Crippen LogP contribution < -0.4 is 10.6 Å². The second-order valence-corrected chi connectivity index (χ2v) is 5.47. The van der Waals surface area contributed by atoms with Crippen molar-refractivity contribution >= 4 is 17.7 Å². The van der Waals surface area contributed by atoms with Gasteiger partial charge < -0.3 is 10.6 Å². The molecule has 1 unspecified atom stereocenters. The molecular weight excluding hydrogens is 208 g/mol. The van der Waals surface area contributed by atoms with Gasteiger partial charge >= 0.3 is 0 Å². The molecule has 0 aromatic heterocycles. The first-order valence-corrected chi connectivity index (χ1v) is 7.01. The summed E-state index contributed by atoms with van der Waals surface area (Å²) < 4.78 is 0. The highest BCUT2D eigenvalue weighted by atomic mass is 32.2. The Kier molecular flexibility index (Phi) is 4.93. The number of thioether (sulfide) groups is 1. The first-order valence-electron chi connectivity index (χ1n) is 5.61. The van der Waals surface area contributed by atoms with Crippen molar-refractivity contribution in [2.45, 2.75) is 20.3 Å². The molecule has 15 heavy (non-hydrogen) atoms. The number of nitrogens with one attached hydrogen (secondary N) is 2. The van der Waals surface area contributed by atoms with Gasteiger partial charge in [-0.15, -0.1) is 0 Å². The largest absolute Gasteiger partial charge is 0.355 e. The van der Waals surface area contributed by atoms with Crippen molar-refractivity contribution in [3.8, 4) is 0 Å². The minimum Gasteiger partial charge on any atom is -0.355 e. The van der Waals surface area contributed by atoms with E-state index in [2.05, 4.69) is 30.7 Å². The standard InChI is InChI=1S/C11H22N2OS/c1-9(2)11(4-5-12-8-11)10(14)13-6-7-15-3/h9,12H,4-8H2,1-3H3,(H,13,14). The van der Waals surface area contributed by atoms with Crippen molar-refractivity contribution in [3.05, 3.63) is 0 Å². The SMILES string of the molecule is CSCCNC(=O)C1(C(C)C)CCNC1. The Morgan fingerprint density at radius 1 is 1.60 bits per heavy atom. The maximum absolute atomic E-state index is 12.1. The molecule has 1 aliphatic heterocycles. The van der Waals surface area contributed by atoms with E-state index in [-0.39, 0.29) is 11.3 Å². The van der Waals surface area contributed by atoms with Crippen LogP contribution in [0.4, 0.5) is 0 Å². The summed E-state index contributed by atoms with van der Waals surface area (Å²) in [4.78, 5) is 12.1. The summed E-state index contributed by atoms with van der Waals surface area (Å²) in [6.45, 7) is 6.86. The van der Waals surface area contributed by atoms with Gasteiger partial charge in [-0.05, 0) is 25.1 Å². The predicted octanol–water partition coefficient (Wildman–Crippen LogP) is 1.10. The van der Waals surface area contributed by atoms with Gasteiger partial charge in [-0.2, -0.15) is 11.8 Å². The lowest BCUT2D eigenvalue weighted by atomic mass is 9.75. The van der Waals surface area contributed by atoms with E-state index in [4.69, 9.17) is 0 Å². The van der Waals surface area contributed by atoms with Crippen molar-refractivity contribution < 1.29 is 4.79 Å².